The first-order valence-corrected chi connectivity index (χ1v) is 4.52. The summed E-state index contributed by atoms with van der Waals surface area (Å²) < 4.78 is 0. The Balaban J connectivity index is -0.0000000254. The van der Waals surface area contributed by atoms with Crippen LogP contribution >= 0.6 is 0 Å². The Bertz CT molecular complexity index is 36.5. The van der Waals surface area contributed by atoms with Gasteiger partial charge in [-0.1, -0.05) is 6.92 Å². The number of nitrogens with two attached hydrogens (primary N) is 1. The SMILES string of the molecule is CCO.CCO.CCO.CC[CH-]N.[Zr]. The molecular formula is C9H26NO3Zr-. The van der Waals surface area contributed by atoms with Gasteiger partial charge in [-0.3, -0.25) is 6.54 Å². The van der Waals surface area contributed by atoms with Gasteiger partial charge in [-0.15, -0.1) is 0 Å². The molecule has 0 amide bonds. The predicted molar refractivity (Wildman–Crippen MR) is 57.1 cm³/mol. The van der Waals surface area contributed by atoms with Crippen molar-refractivity contribution in [2.45, 2.75) is 34.1 Å². The summed E-state index contributed by atoms with van der Waals surface area (Å²) in [6.07, 6.45) is 0.972. The van der Waals surface area contributed by atoms with Crippen molar-refractivity contribution in [1.29, 1.82) is 0 Å². The minimum absolute atomic E-state index is 0. The standard InChI is InChI=1S/C3H8N.3C2H6O.Zr/c1-2-3-4;3*1-2-3;/h3H,2,4H2,1H3;3*3H,2H2,1H3;/q-1;;;;. The maximum atomic E-state index is 7.57. The first-order valence-electron chi connectivity index (χ1n) is 4.52. The van der Waals surface area contributed by atoms with Crippen LogP contribution in [0.25, 0.3) is 0 Å². The molecule has 0 bridgehead atoms. The zero-order valence-corrected chi connectivity index (χ0v) is 12.3. The molecule has 4 nitrogen and oxygen atoms in total. The van der Waals surface area contributed by atoms with Gasteiger partial charge >= 0.3 is 0 Å². The van der Waals surface area contributed by atoms with E-state index >= 15 is 0 Å². The summed E-state index contributed by atoms with van der Waals surface area (Å²) in [5.41, 5.74) is 4.90. The Kier molecular flexibility index (Phi) is 142. The van der Waals surface area contributed by atoms with Crippen molar-refractivity contribution in [2.75, 3.05) is 19.8 Å². The summed E-state index contributed by atoms with van der Waals surface area (Å²) in [5.74, 6) is 0. The fourth-order valence-corrected chi connectivity index (χ4v) is 0. The van der Waals surface area contributed by atoms with Crippen LogP contribution in [0.1, 0.15) is 34.1 Å². The van der Waals surface area contributed by atoms with Gasteiger partial charge in [-0.25, -0.2) is 0 Å². The third kappa shape index (κ3) is 589. The second-order valence-electron chi connectivity index (χ2n) is 1.59. The Morgan fingerprint density at radius 2 is 0.929 bits per heavy atom. The summed E-state index contributed by atoms with van der Waals surface area (Å²) in [5, 5.41) is 22.7. The molecular weight excluding hydrogens is 261 g/mol. The average Bonchev–Trinajstić information content (AvgIpc) is 2.08. The molecule has 0 aliphatic carbocycles. The van der Waals surface area contributed by atoms with E-state index in [2.05, 4.69) is 0 Å². The molecule has 0 saturated heterocycles. The molecule has 0 atom stereocenters. The van der Waals surface area contributed by atoms with Gasteiger partial charge in [-0.2, -0.15) is 6.42 Å². The second kappa shape index (κ2) is 67.8. The van der Waals surface area contributed by atoms with Gasteiger partial charge in [0, 0.05) is 46.0 Å². The monoisotopic (exact) mass is 286 g/mol. The molecule has 90 valence electrons. The van der Waals surface area contributed by atoms with E-state index in [1.54, 1.807) is 27.3 Å². The Hall–Kier alpha value is 0.723. The van der Waals surface area contributed by atoms with Crippen LogP contribution in [0.3, 0.4) is 0 Å². The second-order valence-corrected chi connectivity index (χ2v) is 1.59. The molecule has 0 heterocycles. The molecule has 0 aromatic rings. The fourth-order valence-electron chi connectivity index (χ4n) is 0. The summed E-state index contributed by atoms with van der Waals surface area (Å²) in [4.78, 5) is 0. The molecule has 0 aromatic heterocycles. The first-order chi connectivity index (χ1) is 6.16. The number of hydrogen-bond donors (Lipinski definition) is 4. The van der Waals surface area contributed by atoms with Crippen LogP contribution in [0, 0.1) is 6.54 Å². The maximum absolute atomic E-state index is 7.57. The number of hydrogen-bond acceptors (Lipinski definition) is 4. The van der Waals surface area contributed by atoms with Crippen molar-refractivity contribution >= 4 is 0 Å². The minimum Gasteiger partial charge on any atom is -0.483 e. The van der Waals surface area contributed by atoms with Crippen molar-refractivity contribution in [3.63, 3.8) is 0 Å². The van der Waals surface area contributed by atoms with Crippen LogP contribution in [0.4, 0.5) is 0 Å². The van der Waals surface area contributed by atoms with Gasteiger partial charge in [-0.05, 0) is 20.8 Å². The third-order valence-electron chi connectivity index (χ3n) is 0.236. The van der Waals surface area contributed by atoms with E-state index in [-0.39, 0.29) is 46.0 Å². The van der Waals surface area contributed by atoms with Gasteiger partial charge in [0.1, 0.15) is 0 Å². The van der Waals surface area contributed by atoms with Crippen LogP contribution in [0.15, 0.2) is 0 Å². The van der Waals surface area contributed by atoms with Crippen LogP contribution < -0.4 is 5.73 Å². The maximum Gasteiger partial charge on any atom is 0.0402 e. The molecule has 0 fully saturated rings. The molecule has 0 aliphatic heterocycles. The predicted octanol–water partition coefficient (Wildman–Crippen LogP) is 0.510. The Morgan fingerprint density at radius 1 is 0.857 bits per heavy atom. The van der Waals surface area contributed by atoms with Gasteiger partial charge in [0.05, 0.1) is 0 Å². The molecule has 0 saturated carbocycles. The van der Waals surface area contributed by atoms with Crippen molar-refractivity contribution in [1.82, 2.24) is 0 Å². The van der Waals surface area contributed by atoms with Crippen molar-refractivity contribution < 1.29 is 41.5 Å². The molecule has 0 spiro atoms. The normalized spacial score (nSPS) is 6.00. The minimum atomic E-state index is 0. The summed E-state index contributed by atoms with van der Waals surface area (Å²) in [6.45, 7) is 9.42. The summed E-state index contributed by atoms with van der Waals surface area (Å²) in [7, 11) is 0. The van der Waals surface area contributed by atoms with Gasteiger partial charge in [0.15, 0.2) is 0 Å². The van der Waals surface area contributed by atoms with E-state index in [0.717, 1.165) is 6.42 Å². The summed E-state index contributed by atoms with van der Waals surface area (Å²) >= 11 is 0. The number of aliphatic hydroxyl groups is 3. The molecule has 0 rings (SSSR count). The molecule has 0 unspecified atom stereocenters. The van der Waals surface area contributed by atoms with E-state index in [4.69, 9.17) is 21.1 Å². The molecule has 0 radical (unpaired) electrons. The Morgan fingerprint density at radius 3 is 0.929 bits per heavy atom. The molecule has 14 heavy (non-hydrogen) atoms. The summed E-state index contributed by atoms with van der Waals surface area (Å²) in [6, 6.07) is 0. The van der Waals surface area contributed by atoms with E-state index in [1.807, 2.05) is 6.92 Å². The zero-order chi connectivity index (χ0) is 11.5. The molecule has 0 aliphatic rings. The van der Waals surface area contributed by atoms with Crippen LogP contribution in [0.5, 0.6) is 0 Å². The van der Waals surface area contributed by atoms with Crippen molar-refractivity contribution in [2.24, 2.45) is 5.73 Å². The molecule has 0 aromatic carbocycles. The largest absolute Gasteiger partial charge is 0.483 e. The molecule has 5 heteroatoms. The topological polar surface area (TPSA) is 86.7 Å². The first kappa shape index (κ1) is 29.3. The quantitative estimate of drug-likeness (QED) is 0.529. The molecule has 5 N–H and O–H groups in total. The van der Waals surface area contributed by atoms with E-state index in [9.17, 15) is 0 Å². The van der Waals surface area contributed by atoms with Gasteiger partial charge < -0.3 is 21.1 Å². The van der Waals surface area contributed by atoms with Crippen LogP contribution in [-0.2, 0) is 26.2 Å². The van der Waals surface area contributed by atoms with Crippen LogP contribution in [-0.4, -0.2) is 35.1 Å². The zero-order valence-electron chi connectivity index (χ0n) is 9.82. The van der Waals surface area contributed by atoms with E-state index in [1.165, 1.54) is 0 Å². The van der Waals surface area contributed by atoms with Gasteiger partial charge in [0.2, 0.25) is 0 Å². The van der Waals surface area contributed by atoms with Crippen molar-refractivity contribution in [3.8, 4) is 0 Å². The number of aliphatic hydroxyl groups excluding tert-OH is 3. The van der Waals surface area contributed by atoms with Crippen LogP contribution in [0.2, 0.25) is 0 Å². The Labute approximate surface area is 108 Å². The van der Waals surface area contributed by atoms with Crippen molar-refractivity contribution in [3.05, 3.63) is 6.54 Å². The third-order valence-corrected chi connectivity index (χ3v) is 0.236. The fraction of sp³-hybridized carbons (Fsp3) is 0.889. The van der Waals surface area contributed by atoms with E-state index in [0.29, 0.717) is 0 Å². The van der Waals surface area contributed by atoms with E-state index < -0.39 is 0 Å². The smallest absolute Gasteiger partial charge is 0.0402 e. The average molecular weight is 288 g/mol. The van der Waals surface area contributed by atoms with Gasteiger partial charge in [0.25, 0.3) is 0 Å². The number of rotatable bonds is 1.